The highest BCUT2D eigenvalue weighted by Gasteiger charge is 2.14. The van der Waals surface area contributed by atoms with Gasteiger partial charge in [0.05, 0.1) is 18.4 Å². The lowest BCUT2D eigenvalue weighted by molar-refractivity contribution is 0.0600. The van der Waals surface area contributed by atoms with E-state index >= 15 is 0 Å². The van der Waals surface area contributed by atoms with Gasteiger partial charge in [-0.25, -0.2) is 14.8 Å². The number of halogens is 1. The number of aromatic nitrogens is 2. The minimum Gasteiger partial charge on any atom is -0.465 e. The number of hydrogen-bond acceptors (Lipinski definition) is 7. The SMILES string of the molecule is COC(=O)c1ccc(CSc2nc(N)c(C#N)c(Cc3ccc(Cl)cc3)n2)cc1. The average Bonchev–Trinajstić information content (AvgIpc) is 2.73. The van der Waals surface area contributed by atoms with E-state index in [0.29, 0.717) is 33.6 Å². The van der Waals surface area contributed by atoms with Crippen molar-refractivity contribution in [2.45, 2.75) is 17.3 Å². The fraction of sp³-hybridized carbons (Fsp3) is 0.143. The number of esters is 1. The zero-order valence-corrected chi connectivity index (χ0v) is 17.1. The number of hydrogen-bond donors (Lipinski definition) is 1. The minimum atomic E-state index is -0.376. The van der Waals surface area contributed by atoms with Gasteiger partial charge in [-0.3, -0.25) is 0 Å². The predicted octanol–water partition coefficient (Wildman–Crippen LogP) is 4.25. The molecule has 0 fully saturated rings. The van der Waals surface area contributed by atoms with Crippen LogP contribution in [0.4, 0.5) is 5.82 Å². The summed E-state index contributed by atoms with van der Waals surface area (Å²) in [4.78, 5) is 20.3. The third kappa shape index (κ3) is 5.25. The molecule has 1 heterocycles. The first-order chi connectivity index (χ1) is 14.0. The summed E-state index contributed by atoms with van der Waals surface area (Å²) >= 11 is 7.34. The number of ether oxygens (including phenoxy) is 1. The molecule has 6 nitrogen and oxygen atoms in total. The van der Waals surface area contributed by atoms with Crippen molar-refractivity contribution in [1.82, 2.24) is 9.97 Å². The fourth-order valence-electron chi connectivity index (χ4n) is 2.62. The number of carbonyl (C=O) groups is 1. The van der Waals surface area contributed by atoms with Crippen molar-refractivity contribution >= 4 is 35.1 Å². The lowest BCUT2D eigenvalue weighted by Crippen LogP contribution is -2.06. The van der Waals surface area contributed by atoms with Crippen LogP contribution in [0.2, 0.25) is 5.02 Å². The Hall–Kier alpha value is -3.08. The second-order valence-electron chi connectivity index (χ2n) is 6.11. The maximum atomic E-state index is 11.5. The van der Waals surface area contributed by atoms with Crippen LogP contribution < -0.4 is 5.73 Å². The van der Waals surface area contributed by atoms with E-state index in [-0.39, 0.29) is 17.4 Å². The Balaban J connectivity index is 1.77. The summed E-state index contributed by atoms with van der Waals surface area (Å²) < 4.78 is 4.70. The van der Waals surface area contributed by atoms with Gasteiger partial charge >= 0.3 is 5.97 Å². The van der Waals surface area contributed by atoms with Gasteiger partial charge in [-0.15, -0.1) is 0 Å². The molecule has 0 radical (unpaired) electrons. The van der Waals surface area contributed by atoms with Gasteiger partial charge < -0.3 is 10.5 Å². The van der Waals surface area contributed by atoms with Gasteiger partial charge in [-0.05, 0) is 35.4 Å². The van der Waals surface area contributed by atoms with Crippen molar-refractivity contribution in [3.8, 4) is 6.07 Å². The number of carbonyl (C=O) groups excluding carboxylic acids is 1. The quantitative estimate of drug-likeness (QED) is 0.358. The molecule has 2 N–H and O–H groups in total. The molecule has 0 atom stereocenters. The Kier molecular flexibility index (Phi) is 6.70. The average molecular weight is 425 g/mol. The molecular formula is C21H17ClN4O2S. The molecule has 3 aromatic rings. The topological polar surface area (TPSA) is 102 Å². The van der Waals surface area contributed by atoms with Crippen LogP contribution in [0, 0.1) is 11.3 Å². The zero-order chi connectivity index (χ0) is 20.8. The van der Waals surface area contributed by atoms with Crippen LogP contribution in [0.3, 0.4) is 0 Å². The van der Waals surface area contributed by atoms with Gasteiger partial charge in [0, 0.05) is 17.2 Å². The summed E-state index contributed by atoms with van der Waals surface area (Å²) in [5.74, 6) is 0.377. The van der Waals surface area contributed by atoms with Crippen LogP contribution in [0.25, 0.3) is 0 Å². The summed E-state index contributed by atoms with van der Waals surface area (Å²) in [6.07, 6.45) is 0.453. The Morgan fingerprint density at radius 2 is 1.79 bits per heavy atom. The molecule has 3 rings (SSSR count). The van der Waals surface area contributed by atoms with Crippen molar-refractivity contribution in [3.63, 3.8) is 0 Å². The standard InChI is InChI=1S/C21H17ClN4O2S/c1-28-20(27)15-6-2-14(3-7-15)12-29-21-25-18(17(11-23)19(24)26-21)10-13-4-8-16(22)9-5-13/h2-9H,10,12H2,1H3,(H2,24,25,26). The van der Waals surface area contributed by atoms with E-state index in [9.17, 15) is 10.1 Å². The minimum absolute atomic E-state index is 0.162. The number of nitrogens with two attached hydrogens (primary N) is 1. The largest absolute Gasteiger partial charge is 0.465 e. The van der Waals surface area contributed by atoms with Crippen molar-refractivity contribution < 1.29 is 9.53 Å². The molecule has 0 aliphatic carbocycles. The first-order valence-electron chi connectivity index (χ1n) is 8.61. The number of nitriles is 1. The molecule has 0 unspecified atom stereocenters. The number of thioether (sulfide) groups is 1. The van der Waals surface area contributed by atoms with E-state index in [1.807, 2.05) is 24.3 Å². The predicted molar refractivity (Wildman–Crippen MR) is 113 cm³/mol. The second-order valence-corrected chi connectivity index (χ2v) is 7.48. The van der Waals surface area contributed by atoms with Crippen LogP contribution in [-0.4, -0.2) is 23.0 Å². The molecule has 2 aromatic carbocycles. The van der Waals surface area contributed by atoms with Gasteiger partial charge in [0.15, 0.2) is 5.16 Å². The molecule has 0 saturated carbocycles. The Bertz CT molecular complexity index is 1060. The lowest BCUT2D eigenvalue weighted by Gasteiger charge is -2.09. The maximum absolute atomic E-state index is 11.5. The van der Waals surface area contributed by atoms with Crippen molar-refractivity contribution in [3.05, 3.63) is 81.5 Å². The number of nitrogens with zero attached hydrogens (tertiary/aromatic N) is 3. The van der Waals surface area contributed by atoms with Crippen LogP contribution in [-0.2, 0) is 16.9 Å². The number of anilines is 1. The van der Waals surface area contributed by atoms with Gasteiger partial charge in [-0.2, -0.15) is 5.26 Å². The molecule has 0 aliphatic rings. The van der Waals surface area contributed by atoms with Crippen LogP contribution in [0.15, 0.2) is 53.7 Å². The number of nitrogen functional groups attached to an aromatic ring is 1. The summed E-state index contributed by atoms with van der Waals surface area (Å²) in [7, 11) is 1.35. The highest BCUT2D eigenvalue weighted by Crippen LogP contribution is 2.25. The van der Waals surface area contributed by atoms with E-state index in [4.69, 9.17) is 22.1 Å². The van der Waals surface area contributed by atoms with E-state index in [2.05, 4.69) is 16.0 Å². The molecule has 0 saturated heterocycles. The summed E-state index contributed by atoms with van der Waals surface area (Å²) in [5, 5.41) is 10.6. The first-order valence-corrected chi connectivity index (χ1v) is 9.97. The third-order valence-electron chi connectivity index (χ3n) is 4.13. The van der Waals surface area contributed by atoms with Gasteiger partial charge in [0.1, 0.15) is 17.5 Å². The summed E-state index contributed by atoms with van der Waals surface area (Å²) in [5.41, 5.74) is 9.30. The number of benzene rings is 2. The molecule has 0 spiro atoms. The van der Waals surface area contributed by atoms with Gasteiger partial charge in [0.25, 0.3) is 0 Å². The normalized spacial score (nSPS) is 10.4. The zero-order valence-electron chi connectivity index (χ0n) is 15.6. The summed E-state index contributed by atoms with van der Waals surface area (Å²) in [6, 6.07) is 16.6. The third-order valence-corrected chi connectivity index (χ3v) is 5.30. The number of rotatable bonds is 6. The lowest BCUT2D eigenvalue weighted by atomic mass is 10.1. The number of methoxy groups -OCH3 is 1. The molecule has 1 aromatic heterocycles. The van der Waals surface area contributed by atoms with E-state index < -0.39 is 0 Å². The van der Waals surface area contributed by atoms with Gasteiger partial charge in [-0.1, -0.05) is 47.6 Å². The molecule has 0 bridgehead atoms. The van der Waals surface area contributed by atoms with E-state index in [1.165, 1.54) is 18.9 Å². The Morgan fingerprint density at radius 3 is 2.41 bits per heavy atom. The monoisotopic (exact) mass is 424 g/mol. The molecule has 29 heavy (non-hydrogen) atoms. The van der Waals surface area contributed by atoms with E-state index in [0.717, 1.165) is 11.1 Å². The Labute approximate surface area is 177 Å². The van der Waals surface area contributed by atoms with Crippen LogP contribution >= 0.6 is 23.4 Å². The molecule has 0 amide bonds. The smallest absolute Gasteiger partial charge is 0.337 e. The highest BCUT2D eigenvalue weighted by molar-refractivity contribution is 7.98. The van der Waals surface area contributed by atoms with Crippen molar-refractivity contribution in [2.75, 3.05) is 12.8 Å². The van der Waals surface area contributed by atoms with Gasteiger partial charge in [0.2, 0.25) is 0 Å². The van der Waals surface area contributed by atoms with Crippen molar-refractivity contribution in [1.29, 1.82) is 5.26 Å². The van der Waals surface area contributed by atoms with Crippen molar-refractivity contribution in [2.24, 2.45) is 0 Å². The van der Waals surface area contributed by atoms with E-state index in [1.54, 1.807) is 24.3 Å². The Morgan fingerprint density at radius 1 is 1.14 bits per heavy atom. The van der Waals surface area contributed by atoms with Crippen LogP contribution in [0.1, 0.15) is 32.7 Å². The molecule has 8 heteroatoms. The summed E-state index contributed by atoms with van der Waals surface area (Å²) in [6.45, 7) is 0. The molecule has 146 valence electrons. The fourth-order valence-corrected chi connectivity index (χ4v) is 3.57. The molecular weight excluding hydrogens is 408 g/mol. The maximum Gasteiger partial charge on any atom is 0.337 e. The highest BCUT2D eigenvalue weighted by atomic mass is 35.5. The molecule has 0 aliphatic heterocycles. The first kappa shape index (κ1) is 20.6. The van der Waals surface area contributed by atoms with Crippen LogP contribution in [0.5, 0.6) is 0 Å². The second kappa shape index (κ2) is 9.41.